The van der Waals surface area contributed by atoms with Crippen LogP contribution in [-0.2, 0) is 87.8 Å². The molecule has 8 bridgehead atoms. The molecule has 0 radical (unpaired) electrons. The van der Waals surface area contributed by atoms with Gasteiger partial charge in [-0.15, -0.1) is 0 Å². The molecule has 0 spiro atoms. The van der Waals surface area contributed by atoms with E-state index in [2.05, 4.69) is 132 Å². The van der Waals surface area contributed by atoms with Gasteiger partial charge >= 0.3 is 0 Å². The fourth-order valence-electron chi connectivity index (χ4n) is 9.02. The molecule has 0 saturated heterocycles. The van der Waals surface area contributed by atoms with E-state index >= 15 is 0 Å². The number of rotatable bonds is 20. The minimum absolute atomic E-state index is 0.0369. The van der Waals surface area contributed by atoms with Crippen LogP contribution < -0.4 is 18.9 Å². The molecular weight excluding hydrogens is 1060 g/mol. The maximum atomic E-state index is 12.0. The number of hydrogen-bond acceptors (Lipinski definition) is 12. The lowest BCUT2D eigenvalue weighted by molar-refractivity contribution is 0.303. The van der Waals surface area contributed by atoms with Crippen molar-refractivity contribution < 1.29 is 70.8 Å². The highest BCUT2D eigenvalue weighted by atomic mass is 32.2. The Bertz CT molecular complexity index is 2670. The predicted molar refractivity (Wildman–Crippen MR) is 298 cm³/mol. The Labute approximate surface area is 452 Å². The summed E-state index contributed by atoms with van der Waals surface area (Å²) in [6, 6.07) is 16.4. The first-order valence-corrected chi connectivity index (χ1v) is 32.1. The van der Waals surface area contributed by atoms with Crippen molar-refractivity contribution in [3.63, 3.8) is 0 Å². The Morgan fingerprint density at radius 2 is 0.461 bits per heavy atom. The monoisotopic (exact) mass is 1140 g/mol. The van der Waals surface area contributed by atoms with Gasteiger partial charge in [0.1, 0.15) is 23.0 Å². The van der Waals surface area contributed by atoms with Crippen LogP contribution in [0.15, 0.2) is 48.5 Å². The van der Waals surface area contributed by atoms with E-state index < -0.39 is 85.1 Å². The highest BCUT2D eigenvalue weighted by Crippen LogP contribution is 2.44. The van der Waals surface area contributed by atoms with Gasteiger partial charge < -0.3 is 18.9 Å². The van der Waals surface area contributed by atoms with Gasteiger partial charge in [0.25, 0.3) is 40.5 Å². The zero-order valence-corrected chi connectivity index (χ0v) is 49.5. The maximum absolute atomic E-state index is 12.0. The van der Waals surface area contributed by atoms with Gasteiger partial charge in [-0.1, -0.05) is 132 Å². The SMILES string of the molecule is CC(C)(C)c1cc2c(OCCCS(=O)(=O)O)c(c1)Cc1cc(C(C)(C)C)cc(c1OCCCS(=O)(=O)O)Cc1cc(C(C)(C)C)cc(c1OCCCS(=O)(=O)O)Cc1cc(C(C)(C)C)cc(c1OCCCS(=O)(=O)O)C2. The van der Waals surface area contributed by atoms with Crippen LogP contribution in [0.1, 0.15) is 176 Å². The highest BCUT2D eigenvalue weighted by molar-refractivity contribution is 7.86. The third-order valence-electron chi connectivity index (χ3n) is 13.1. The van der Waals surface area contributed by atoms with Crippen molar-refractivity contribution >= 4 is 40.5 Å². The average Bonchev–Trinajstić information content (AvgIpc) is 3.23. The predicted octanol–water partition coefficient (Wildman–Crippen LogP) is 10.2. The third-order valence-corrected chi connectivity index (χ3v) is 16.3. The fraction of sp³-hybridized carbons (Fsp3) is 0.571. The van der Waals surface area contributed by atoms with E-state index in [0.717, 1.165) is 22.3 Å². The number of ether oxygens (including phenoxy) is 4. The van der Waals surface area contributed by atoms with Gasteiger partial charge in [0, 0.05) is 25.7 Å². The minimum atomic E-state index is -4.33. The van der Waals surface area contributed by atoms with E-state index in [-0.39, 0.29) is 77.8 Å². The first-order chi connectivity index (χ1) is 34.7. The number of fused-ring (bicyclic) bond motifs is 8. The average molecular weight is 1140 g/mol. The summed E-state index contributed by atoms with van der Waals surface area (Å²) in [6.45, 7) is 24.6. The summed E-state index contributed by atoms with van der Waals surface area (Å²) >= 11 is 0. The molecule has 0 saturated carbocycles. The van der Waals surface area contributed by atoms with Crippen molar-refractivity contribution in [2.24, 2.45) is 0 Å². The Kier molecular flexibility index (Phi) is 19.7. The lowest BCUT2D eigenvalue weighted by Gasteiger charge is -2.29. The smallest absolute Gasteiger partial charge is 0.264 e. The molecule has 4 aromatic carbocycles. The van der Waals surface area contributed by atoms with Crippen molar-refractivity contribution in [3.05, 3.63) is 115 Å². The summed E-state index contributed by atoms with van der Waals surface area (Å²) in [4.78, 5) is 0. The molecular formula is C56H80O16S4. The Morgan fingerprint density at radius 3 is 0.579 bits per heavy atom. The van der Waals surface area contributed by atoms with Crippen LogP contribution in [0.3, 0.4) is 0 Å². The molecule has 0 atom stereocenters. The molecule has 0 unspecified atom stereocenters. The Morgan fingerprint density at radius 1 is 0.316 bits per heavy atom. The van der Waals surface area contributed by atoms with Gasteiger partial charge in [-0.25, -0.2) is 0 Å². The molecule has 20 heteroatoms. The zero-order chi connectivity index (χ0) is 57.0. The van der Waals surface area contributed by atoms with Crippen molar-refractivity contribution in [2.45, 2.75) is 156 Å². The first-order valence-electron chi connectivity index (χ1n) is 25.6. The van der Waals surface area contributed by atoms with E-state index in [0.29, 0.717) is 67.5 Å². The molecule has 0 heterocycles. The minimum Gasteiger partial charge on any atom is -0.493 e. The summed E-state index contributed by atoms with van der Waals surface area (Å²) in [5.74, 6) is -0.355. The standard InChI is InChI=1S/C56H80O16S4/c1-53(2,3)45-29-37-25-39-31-46(54(4,5)6)33-41(50(39)70-18-14-22-74(60,61)62)27-43-35-48(56(10,11)12)36-44(52(43)72-20-16-24-76(66,67)68)28-42-34-47(55(7,8)9)32-40(51(42)71-19-15-23-75(63,64)65)26-38(30-45)49(37)69-17-13-21-73(57,58)59/h29-36H,13-28H2,1-12H3,(H,57,58,59)(H,60,61,62)(H,63,64,65)(H,66,67,68). The van der Waals surface area contributed by atoms with Crippen LogP contribution in [0.25, 0.3) is 0 Å². The van der Waals surface area contributed by atoms with Crippen molar-refractivity contribution in [1.29, 1.82) is 0 Å². The van der Waals surface area contributed by atoms with Crippen LogP contribution in [0, 0.1) is 0 Å². The number of hydrogen-bond donors (Lipinski definition) is 4. The van der Waals surface area contributed by atoms with Crippen LogP contribution in [0.5, 0.6) is 23.0 Å². The van der Waals surface area contributed by atoms with Gasteiger partial charge in [0.15, 0.2) is 0 Å². The Hall–Kier alpha value is -4.28. The third kappa shape index (κ3) is 19.0. The molecule has 0 aromatic heterocycles. The van der Waals surface area contributed by atoms with Gasteiger partial charge in [0.05, 0.1) is 49.4 Å². The largest absolute Gasteiger partial charge is 0.493 e. The van der Waals surface area contributed by atoms with Crippen LogP contribution in [-0.4, -0.2) is 101 Å². The maximum Gasteiger partial charge on any atom is 0.264 e. The van der Waals surface area contributed by atoms with Gasteiger partial charge in [-0.2, -0.15) is 33.7 Å². The molecule has 4 aromatic rings. The topological polar surface area (TPSA) is 254 Å². The Balaban J connectivity index is 2.00. The molecule has 0 amide bonds. The molecule has 0 aliphatic heterocycles. The van der Waals surface area contributed by atoms with Crippen molar-refractivity contribution in [1.82, 2.24) is 0 Å². The second kappa shape index (κ2) is 24.0. The van der Waals surface area contributed by atoms with Crippen LogP contribution in [0.2, 0.25) is 0 Å². The fourth-order valence-corrected chi connectivity index (χ4v) is 11.0. The zero-order valence-electron chi connectivity index (χ0n) is 46.3. The first kappa shape index (κ1) is 62.6. The number of benzene rings is 4. The van der Waals surface area contributed by atoms with Gasteiger partial charge in [-0.05, 0) is 114 Å². The second-order valence-electron chi connectivity index (χ2n) is 24.2. The summed E-state index contributed by atoms with van der Waals surface area (Å²) in [7, 11) is -17.3. The van der Waals surface area contributed by atoms with E-state index in [1.165, 1.54) is 0 Å². The molecule has 424 valence electrons. The molecule has 1 aliphatic rings. The van der Waals surface area contributed by atoms with Gasteiger partial charge in [-0.3, -0.25) is 18.2 Å². The second-order valence-corrected chi connectivity index (χ2v) is 30.4. The van der Waals surface area contributed by atoms with Crippen LogP contribution in [0.4, 0.5) is 0 Å². The molecule has 76 heavy (non-hydrogen) atoms. The summed E-state index contributed by atoms with van der Waals surface area (Å²) < 4.78 is 162. The van der Waals surface area contributed by atoms with Crippen molar-refractivity contribution in [3.8, 4) is 23.0 Å². The highest BCUT2D eigenvalue weighted by Gasteiger charge is 2.30. The molecule has 16 nitrogen and oxygen atoms in total. The van der Waals surface area contributed by atoms with E-state index in [1.54, 1.807) is 0 Å². The molecule has 0 fully saturated rings. The molecule has 5 rings (SSSR count). The van der Waals surface area contributed by atoms with Gasteiger partial charge in [0.2, 0.25) is 0 Å². The lowest BCUT2D eigenvalue weighted by atomic mass is 9.79. The van der Waals surface area contributed by atoms with E-state index in [4.69, 9.17) is 18.9 Å². The lowest BCUT2D eigenvalue weighted by Crippen LogP contribution is -2.18. The quantitative estimate of drug-likeness (QED) is 0.0417. The molecule has 1 aliphatic carbocycles. The van der Waals surface area contributed by atoms with Crippen molar-refractivity contribution in [2.75, 3.05) is 49.4 Å². The van der Waals surface area contributed by atoms with E-state index in [1.807, 2.05) is 0 Å². The summed E-state index contributed by atoms with van der Waals surface area (Å²) in [6.07, 6.45) is 0.605. The van der Waals surface area contributed by atoms with Crippen LogP contribution >= 0.6 is 0 Å². The summed E-state index contributed by atoms with van der Waals surface area (Å²) in [5.41, 5.74) is 7.73. The molecule has 4 N–H and O–H groups in total. The normalized spacial score (nSPS) is 14.1. The van der Waals surface area contributed by atoms with E-state index in [9.17, 15) is 51.9 Å². The summed E-state index contributed by atoms with van der Waals surface area (Å²) in [5, 5.41) is 0.